The van der Waals surface area contributed by atoms with Gasteiger partial charge < -0.3 is 16.4 Å². The number of nitrogens with two attached hydrogens (primary N) is 1. The average molecular weight is 382 g/mol. The Bertz CT molecular complexity index is 882. The molecule has 0 aromatic heterocycles. The van der Waals surface area contributed by atoms with Crippen molar-refractivity contribution in [2.75, 3.05) is 5.32 Å². The van der Waals surface area contributed by atoms with E-state index >= 15 is 0 Å². The summed E-state index contributed by atoms with van der Waals surface area (Å²) in [7, 11) is 0. The molecule has 1 heterocycles. The van der Waals surface area contributed by atoms with Crippen molar-refractivity contribution in [3.05, 3.63) is 65.7 Å². The second-order valence-electron chi connectivity index (χ2n) is 5.89. The number of amidine groups is 1. The highest BCUT2D eigenvalue weighted by Gasteiger charge is 2.29. The van der Waals surface area contributed by atoms with Crippen LogP contribution in [0.2, 0.25) is 0 Å². The zero-order valence-corrected chi connectivity index (χ0v) is 15.2. The number of thioether (sulfide) groups is 1. The summed E-state index contributed by atoms with van der Waals surface area (Å²) < 4.78 is 0. The fraction of sp³-hybridized carbons (Fsp3) is 0.158. The van der Waals surface area contributed by atoms with Crippen LogP contribution in [0.15, 0.2) is 59.6 Å². The molecule has 4 N–H and O–H groups in total. The summed E-state index contributed by atoms with van der Waals surface area (Å²) in [4.78, 5) is 39.4. The maximum atomic E-state index is 12.2. The predicted molar refractivity (Wildman–Crippen MR) is 105 cm³/mol. The number of carbonyl (C=O) groups excluding carboxylic acids is 3. The maximum absolute atomic E-state index is 12.2. The number of aliphatic imine (C=N–C) groups is 1. The van der Waals surface area contributed by atoms with Gasteiger partial charge in [-0.05, 0) is 29.8 Å². The highest BCUT2D eigenvalue weighted by molar-refractivity contribution is 8.15. The molecular weight excluding hydrogens is 364 g/mol. The van der Waals surface area contributed by atoms with Gasteiger partial charge >= 0.3 is 0 Å². The van der Waals surface area contributed by atoms with Crippen molar-refractivity contribution in [2.45, 2.75) is 18.2 Å². The van der Waals surface area contributed by atoms with E-state index in [2.05, 4.69) is 15.6 Å². The number of benzene rings is 2. The smallest absolute Gasteiger partial charge is 0.262 e. The van der Waals surface area contributed by atoms with E-state index in [0.717, 1.165) is 17.3 Å². The SMILES string of the molecule is NC1=NC(=O)[C@@H](CC(=O)Nc2ccc(C(=O)NCc3ccccc3)cc2)S1. The Hall–Kier alpha value is -3.13. The van der Waals surface area contributed by atoms with Crippen molar-refractivity contribution in [3.8, 4) is 0 Å². The first-order valence-electron chi connectivity index (χ1n) is 8.28. The van der Waals surface area contributed by atoms with Crippen LogP contribution in [0.25, 0.3) is 0 Å². The first-order valence-corrected chi connectivity index (χ1v) is 9.16. The lowest BCUT2D eigenvalue weighted by molar-refractivity contribution is -0.121. The molecule has 0 fully saturated rings. The van der Waals surface area contributed by atoms with Crippen LogP contribution in [0.3, 0.4) is 0 Å². The van der Waals surface area contributed by atoms with E-state index in [4.69, 9.17) is 5.73 Å². The molecule has 0 unspecified atom stereocenters. The number of carbonyl (C=O) groups is 3. The van der Waals surface area contributed by atoms with Gasteiger partial charge in [0, 0.05) is 24.2 Å². The quantitative estimate of drug-likeness (QED) is 0.706. The predicted octanol–water partition coefficient (Wildman–Crippen LogP) is 1.90. The Morgan fingerprint density at radius 2 is 1.78 bits per heavy atom. The number of nitrogens with one attached hydrogen (secondary N) is 2. The maximum Gasteiger partial charge on any atom is 0.262 e. The molecule has 3 amide bonds. The zero-order chi connectivity index (χ0) is 19.2. The molecule has 0 aliphatic carbocycles. The lowest BCUT2D eigenvalue weighted by Gasteiger charge is -2.09. The van der Waals surface area contributed by atoms with Crippen molar-refractivity contribution < 1.29 is 14.4 Å². The Morgan fingerprint density at radius 1 is 1.07 bits per heavy atom. The van der Waals surface area contributed by atoms with Gasteiger partial charge in [0.25, 0.3) is 11.8 Å². The molecule has 0 saturated carbocycles. The minimum atomic E-state index is -0.576. The van der Waals surface area contributed by atoms with E-state index < -0.39 is 11.2 Å². The van der Waals surface area contributed by atoms with Gasteiger partial charge in [-0.1, -0.05) is 42.1 Å². The fourth-order valence-corrected chi connectivity index (χ4v) is 3.32. The summed E-state index contributed by atoms with van der Waals surface area (Å²) in [6.07, 6.45) is -0.00693. The molecule has 0 radical (unpaired) electrons. The molecule has 7 nitrogen and oxygen atoms in total. The molecule has 3 rings (SSSR count). The van der Waals surface area contributed by atoms with Crippen molar-refractivity contribution >= 4 is 40.3 Å². The van der Waals surface area contributed by atoms with Crippen LogP contribution in [0.1, 0.15) is 22.3 Å². The van der Waals surface area contributed by atoms with E-state index in [1.165, 1.54) is 0 Å². The van der Waals surface area contributed by atoms with Crippen LogP contribution >= 0.6 is 11.8 Å². The van der Waals surface area contributed by atoms with Gasteiger partial charge in [-0.25, -0.2) is 0 Å². The van der Waals surface area contributed by atoms with Gasteiger partial charge in [0.05, 0.1) is 0 Å². The molecule has 8 heteroatoms. The Balaban J connectivity index is 1.50. The van der Waals surface area contributed by atoms with Crippen LogP contribution in [0.4, 0.5) is 5.69 Å². The van der Waals surface area contributed by atoms with Crippen LogP contribution in [0, 0.1) is 0 Å². The molecule has 0 bridgehead atoms. The Labute approximate surface area is 160 Å². The summed E-state index contributed by atoms with van der Waals surface area (Å²) in [5, 5.41) is 5.15. The zero-order valence-electron chi connectivity index (χ0n) is 14.3. The van der Waals surface area contributed by atoms with Gasteiger partial charge in [0.2, 0.25) is 5.91 Å². The summed E-state index contributed by atoms with van der Waals surface area (Å²) in [5.74, 6) is -0.901. The topological polar surface area (TPSA) is 114 Å². The van der Waals surface area contributed by atoms with E-state index in [1.54, 1.807) is 24.3 Å². The second-order valence-corrected chi connectivity index (χ2v) is 7.12. The summed E-state index contributed by atoms with van der Waals surface area (Å²) >= 11 is 1.09. The number of hydrogen-bond acceptors (Lipinski definition) is 5. The normalized spacial score (nSPS) is 15.9. The second kappa shape index (κ2) is 8.50. The van der Waals surface area contributed by atoms with Crippen LogP contribution in [-0.2, 0) is 16.1 Å². The number of amides is 3. The number of anilines is 1. The molecule has 2 aromatic carbocycles. The van der Waals surface area contributed by atoms with Crippen molar-refractivity contribution in [1.82, 2.24) is 5.32 Å². The third kappa shape index (κ3) is 5.18. The van der Waals surface area contributed by atoms with E-state index in [9.17, 15) is 14.4 Å². The number of rotatable bonds is 6. The highest BCUT2D eigenvalue weighted by Crippen LogP contribution is 2.23. The van der Waals surface area contributed by atoms with Crippen LogP contribution < -0.4 is 16.4 Å². The van der Waals surface area contributed by atoms with Gasteiger partial charge in [0.15, 0.2) is 5.17 Å². The molecule has 1 aliphatic heterocycles. The Morgan fingerprint density at radius 3 is 2.41 bits per heavy atom. The molecule has 27 heavy (non-hydrogen) atoms. The van der Waals surface area contributed by atoms with E-state index in [0.29, 0.717) is 17.8 Å². The summed E-state index contributed by atoms with van der Waals surface area (Å²) in [5.41, 5.74) is 7.52. The molecular formula is C19H18N4O3S. The van der Waals surface area contributed by atoms with Crippen molar-refractivity contribution in [3.63, 3.8) is 0 Å². The van der Waals surface area contributed by atoms with Gasteiger partial charge in [0.1, 0.15) is 5.25 Å². The monoisotopic (exact) mass is 382 g/mol. The van der Waals surface area contributed by atoms with Crippen molar-refractivity contribution in [1.29, 1.82) is 0 Å². The summed E-state index contributed by atoms with van der Waals surface area (Å²) in [6, 6.07) is 16.2. The molecule has 138 valence electrons. The standard InChI is InChI=1S/C19H18N4O3S/c20-19-23-18(26)15(27-19)10-16(24)22-14-8-6-13(7-9-14)17(25)21-11-12-4-2-1-3-5-12/h1-9,15H,10-11H2,(H,21,25)(H,22,24)(H2,20,23,26)/t15-/m1/s1. The minimum absolute atomic E-state index is 0.00693. The lowest BCUT2D eigenvalue weighted by Crippen LogP contribution is -2.23. The summed E-state index contributed by atoms with van der Waals surface area (Å²) in [6.45, 7) is 0.441. The molecule has 0 saturated heterocycles. The van der Waals surface area contributed by atoms with E-state index in [-0.39, 0.29) is 23.4 Å². The molecule has 0 spiro atoms. The highest BCUT2D eigenvalue weighted by atomic mass is 32.2. The third-order valence-corrected chi connectivity index (χ3v) is 4.84. The Kier molecular flexibility index (Phi) is 5.87. The number of nitrogens with zero attached hydrogens (tertiary/aromatic N) is 1. The largest absolute Gasteiger partial charge is 0.378 e. The van der Waals surface area contributed by atoms with Gasteiger partial charge in [-0.3, -0.25) is 14.4 Å². The van der Waals surface area contributed by atoms with Crippen LogP contribution in [-0.4, -0.2) is 28.1 Å². The lowest BCUT2D eigenvalue weighted by atomic mass is 10.1. The molecule has 1 aliphatic rings. The fourth-order valence-electron chi connectivity index (χ4n) is 2.50. The van der Waals surface area contributed by atoms with Gasteiger partial charge in [-0.2, -0.15) is 4.99 Å². The van der Waals surface area contributed by atoms with Gasteiger partial charge in [-0.15, -0.1) is 0 Å². The first kappa shape index (κ1) is 18.7. The van der Waals surface area contributed by atoms with Crippen LogP contribution in [0.5, 0.6) is 0 Å². The van der Waals surface area contributed by atoms with E-state index in [1.807, 2.05) is 30.3 Å². The van der Waals surface area contributed by atoms with Crippen molar-refractivity contribution in [2.24, 2.45) is 10.7 Å². The first-order chi connectivity index (χ1) is 13.0. The number of hydrogen-bond donors (Lipinski definition) is 3. The minimum Gasteiger partial charge on any atom is -0.378 e. The third-order valence-electron chi connectivity index (χ3n) is 3.86. The molecule has 1 atom stereocenters. The molecule has 2 aromatic rings. The average Bonchev–Trinajstić information content (AvgIpc) is 2.98.